The zero-order chi connectivity index (χ0) is 48.3. The standard InChI is InChI=1S/C48H78O18/c1-22-31(53)33(55)37(59)41(62-22)66-39-26(19-61-40-36(58)34(56)32(54)25(18-49)63-40)64-42(38(60)35(39)57)65-30-11-12-44(4)27(45(30,5)20-50)10-13-46(6)28(44)9-8-23-24-16-43(2,3)14-15-48(24,21-51)29(52)17-47(23,46)7/h8-9,22,25-42,49-60H,10-21H2,1-7H3. The van der Waals surface area contributed by atoms with Crippen molar-refractivity contribution in [3.63, 3.8) is 0 Å². The van der Waals surface area contributed by atoms with E-state index in [-0.39, 0.29) is 46.7 Å². The summed E-state index contributed by atoms with van der Waals surface area (Å²) in [6.45, 7) is 13.3. The lowest BCUT2D eigenvalue weighted by molar-refractivity contribution is -0.374. The highest BCUT2D eigenvalue weighted by Crippen LogP contribution is 2.74. The first-order valence-electron chi connectivity index (χ1n) is 24.1. The molecule has 0 aromatic rings. The lowest BCUT2D eigenvalue weighted by Gasteiger charge is -2.70. The smallest absolute Gasteiger partial charge is 0.187 e. The number of hydrogen-bond donors (Lipinski definition) is 12. The largest absolute Gasteiger partial charge is 0.396 e. The molecule has 0 aromatic heterocycles. The lowest BCUT2D eigenvalue weighted by atomic mass is 9.35. The van der Waals surface area contributed by atoms with Crippen LogP contribution in [0.5, 0.6) is 0 Å². The van der Waals surface area contributed by atoms with Gasteiger partial charge in [-0.15, -0.1) is 0 Å². The quantitative estimate of drug-likeness (QED) is 0.123. The Labute approximate surface area is 387 Å². The van der Waals surface area contributed by atoms with Crippen LogP contribution < -0.4 is 0 Å². The fourth-order valence-electron chi connectivity index (χ4n) is 14.4. The summed E-state index contributed by atoms with van der Waals surface area (Å²) in [5.74, 6) is -0.0380. The fraction of sp³-hybridized carbons (Fsp3) is 0.917. The van der Waals surface area contributed by atoms with Gasteiger partial charge in [0.2, 0.25) is 0 Å². The van der Waals surface area contributed by atoms with E-state index < -0.39 is 128 Å². The average Bonchev–Trinajstić information content (AvgIpc) is 3.27. The molecule has 3 heterocycles. The summed E-state index contributed by atoms with van der Waals surface area (Å²) in [7, 11) is 0. The van der Waals surface area contributed by atoms with Crippen LogP contribution in [-0.4, -0.2) is 192 Å². The average molecular weight is 943 g/mol. The summed E-state index contributed by atoms with van der Waals surface area (Å²) in [6, 6.07) is 0. The molecule has 0 radical (unpaired) electrons. The molecular weight excluding hydrogens is 865 g/mol. The number of aliphatic hydroxyl groups excluding tert-OH is 12. The first-order chi connectivity index (χ1) is 30.9. The first-order valence-corrected chi connectivity index (χ1v) is 24.1. The summed E-state index contributed by atoms with van der Waals surface area (Å²) in [4.78, 5) is 0. The van der Waals surface area contributed by atoms with E-state index in [1.807, 2.05) is 6.92 Å². The zero-order valence-electron chi connectivity index (χ0n) is 39.4. The van der Waals surface area contributed by atoms with Crippen LogP contribution in [0.2, 0.25) is 0 Å². The second kappa shape index (κ2) is 18.1. The maximum absolute atomic E-state index is 12.1. The van der Waals surface area contributed by atoms with E-state index in [4.69, 9.17) is 28.4 Å². The number of ether oxygens (including phenoxy) is 6. The molecule has 0 bridgehead atoms. The molecule has 12 N–H and O–H groups in total. The summed E-state index contributed by atoms with van der Waals surface area (Å²) in [6.07, 6.45) is -14.9. The maximum Gasteiger partial charge on any atom is 0.187 e. The van der Waals surface area contributed by atoms with Crippen LogP contribution in [0.25, 0.3) is 0 Å². The van der Waals surface area contributed by atoms with Gasteiger partial charge < -0.3 is 89.7 Å². The van der Waals surface area contributed by atoms with Crippen LogP contribution in [0.15, 0.2) is 23.3 Å². The van der Waals surface area contributed by atoms with E-state index in [0.29, 0.717) is 19.3 Å². The summed E-state index contributed by atoms with van der Waals surface area (Å²) >= 11 is 0. The highest BCUT2D eigenvalue weighted by Gasteiger charge is 2.69. The topological polar surface area (TPSA) is 298 Å². The van der Waals surface area contributed by atoms with Crippen molar-refractivity contribution in [1.82, 2.24) is 0 Å². The third-order valence-electron chi connectivity index (χ3n) is 18.9. The van der Waals surface area contributed by atoms with Gasteiger partial charge in [0.25, 0.3) is 0 Å². The van der Waals surface area contributed by atoms with Crippen LogP contribution in [0, 0.1) is 44.3 Å². The molecule has 3 aliphatic heterocycles. The van der Waals surface area contributed by atoms with Crippen LogP contribution in [0.3, 0.4) is 0 Å². The SMILES string of the molecule is CC1OC(OC2C(COC3OC(CO)C(O)C(O)C3O)OC(OC3CCC4(C)C(CCC5(C)C4C=CC4=C6CC(C)(C)CCC6(CO)C(O)CC45C)C3(C)CO)C(O)C2O)C(O)C(O)C1O. The van der Waals surface area contributed by atoms with Gasteiger partial charge in [-0.1, -0.05) is 59.3 Å². The Kier molecular flexibility index (Phi) is 14.0. The van der Waals surface area contributed by atoms with Gasteiger partial charge in [0, 0.05) is 16.2 Å². The Morgan fingerprint density at radius 2 is 1.29 bits per heavy atom. The number of allylic oxidation sites excluding steroid dienone is 3. The van der Waals surface area contributed by atoms with Crippen LogP contribution >= 0.6 is 0 Å². The van der Waals surface area contributed by atoms with Gasteiger partial charge in [-0.2, -0.15) is 0 Å². The number of rotatable bonds is 10. The predicted molar refractivity (Wildman–Crippen MR) is 231 cm³/mol. The van der Waals surface area contributed by atoms with Crippen molar-refractivity contribution in [2.24, 2.45) is 44.3 Å². The molecule has 0 aromatic carbocycles. The molecule has 3 saturated heterocycles. The molecule has 18 heteroatoms. The Bertz CT molecular complexity index is 1810. The summed E-state index contributed by atoms with van der Waals surface area (Å²) in [5.41, 5.74) is -0.0774. The minimum Gasteiger partial charge on any atom is -0.396 e. The Hall–Kier alpha value is -1.24. The van der Waals surface area contributed by atoms with E-state index in [2.05, 4.69) is 46.8 Å². The fourth-order valence-corrected chi connectivity index (χ4v) is 14.4. The van der Waals surface area contributed by atoms with Crippen LogP contribution in [0.1, 0.15) is 99.8 Å². The highest BCUT2D eigenvalue weighted by atomic mass is 16.8. The van der Waals surface area contributed by atoms with Gasteiger partial charge in [-0.05, 0) is 91.9 Å². The van der Waals surface area contributed by atoms with E-state index in [9.17, 15) is 61.3 Å². The molecule has 378 valence electrons. The Morgan fingerprint density at radius 1 is 0.652 bits per heavy atom. The molecule has 5 aliphatic carbocycles. The molecule has 24 atom stereocenters. The molecule has 66 heavy (non-hydrogen) atoms. The van der Waals surface area contributed by atoms with Crippen molar-refractivity contribution in [2.75, 3.05) is 26.4 Å². The Balaban J connectivity index is 1.06. The summed E-state index contributed by atoms with van der Waals surface area (Å²) < 4.78 is 36.1. The molecule has 8 aliphatic rings. The summed E-state index contributed by atoms with van der Waals surface area (Å²) in [5, 5.41) is 131. The molecule has 0 amide bonds. The van der Waals surface area contributed by atoms with Gasteiger partial charge in [-0.3, -0.25) is 0 Å². The van der Waals surface area contributed by atoms with Crippen LogP contribution in [0.4, 0.5) is 0 Å². The molecule has 6 fully saturated rings. The third kappa shape index (κ3) is 7.84. The molecular formula is C48H78O18. The zero-order valence-corrected chi connectivity index (χ0v) is 39.4. The van der Waals surface area contributed by atoms with Crippen molar-refractivity contribution in [2.45, 2.75) is 204 Å². The van der Waals surface area contributed by atoms with E-state index >= 15 is 0 Å². The van der Waals surface area contributed by atoms with Crippen molar-refractivity contribution in [3.8, 4) is 0 Å². The molecule has 3 saturated carbocycles. The van der Waals surface area contributed by atoms with Gasteiger partial charge in [0.15, 0.2) is 18.9 Å². The van der Waals surface area contributed by atoms with Crippen molar-refractivity contribution >= 4 is 0 Å². The minimum atomic E-state index is -1.81. The number of fused-ring (bicyclic) bond motifs is 6. The lowest BCUT2D eigenvalue weighted by Crippen LogP contribution is -2.67. The highest BCUT2D eigenvalue weighted by molar-refractivity contribution is 5.47. The van der Waals surface area contributed by atoms with Gasteiger partial charge in [-0.25, -0.2) is 0 Å². The van der Waals surface area contributed by atoms with E-state index in [1.54, 1.807) is 0 Å². The molecule has 8 rings (SSSR count). The minimum absolute atomic E-state index is 0.0333. The second-order valence-corrected chi connectivity index (χ2v) is 23.1. The van der Waals surface area contributed by atoms with Gasteiger partial charge in [0.1, 0.15) is 67.1 Å². The van der Waals surface area contributed by atoms with Crippen molar-refractivity contribution < 1.29 is 89.7 Å². The second-order valence-electron chi connectivity index (χ2n) is 23.1. The monoisotopic (exact) mass is 943 g/mol. The Morgan fingerprint density at radius 3 is 1.95 bits per heavy atom. The van der Waals surface area contributed by atoms with Crippen LogP contribution in [-0.2, 0) is 28.4 Å². The molecule has 0 spiro atoms. The van der Waals surface area contributed by atoms with Crippen molar-refractivity contribution in [1.29, 1.82) is 0 Å². The van der Waals surface area contributed by atoms with E-state index in [0.717, 1.165) is 32.1 Å². The molecule has 24 unspecified atom stereocenters. The normalized spacial score (nSPS) is 54.8. The van der Waals surface area contributed by atoms with E-state index in [1.165, 1.54) is 18.1 Å². The first kappa shape index (κ1) is 51.1. The predicted octanol–water partition coefficient (Wildman–Crippen LogP) is -0.495. The van der Waals surface area contributed by atoms with Crippen molar-refractivity contribution in [3.05, 3.63) is 23.3 Å². The number of aliphatic hydroxyl groups is 12. The maximum atomic E-state index is 12.1. The van der Waals surface area contributed by atoms with Gasteiger partial charge in [0.05, 0.1) is 44.7 Å². The third-order valence-corrected chi connectivity index (χ3v) is 18.9. The van der Waals surface area contributed by atoms with Gasteiger partial charge >= 0.3 is 0 Å². The number of hydrogen-bond acceptors (Lipinski definition) is 18. The molecule has 18 nitrogen and oxygen atoms in total.